The van der Waals surface area contributed by atoms with Crippen LogP contribution in [-0.2, 0) is 0 Å². The third-order valence-corrected chi connectivity index (χ3v) is 3.87. The van der Waals surface area contributed by atoms with E-state index in [9.17, 15) is 8.78 Å². The minimum Gasteiger partial charge on any atom is -0.376 e. The molecule has 0 radical (unpaired) electrons. The predicted molar refractivity (Wildman–Crippen MR) is 82.6 cm³/mol. The van der Waals surface area contributed by atoms with E-state index in [-0.39, 0.29) is 5.56 Å². The van der Waals surface area contributed by atoms with Gasteiger partial charge >= 0.3 is 0 Å². The Kier molecular flexibility index (Phi) is 4.89. The number of halogens is 5. The zero-order chi connectivity index (χ0) is 14.9. The summed E-state index contributed by atoms with van der Waals surface area (Å²) in [6.07, 6.45) is 0. The van der Waals surface area contributed by atoms with Gasteiger partial charge in [0.1, 0.15) is 0 Å². The van der Waals surface area contributed by atoms with Crippen LogP contribution >= 0.6 is 39.1 Å². The fraction of sp³-hybridized carbons (Fsp3) is 0.143. The molecule has 0 bridgehead atoms. The topological polar surface area (TPSA) is 12.0 Å². The summed E-state index contributed by atoms with van der Waals surface area (Å²) in [4.78, 5) is 0. The maximum absolute atomic E-state index is 13.7. The molecule has 0 heterocycles. The summed E-state index contributed by atoms with van der Waals surface area (Å²) in [6, 6.07) is 6.90. The Balaban J connectivity index is 2.33. The van der Waals surface area contributed by atoms with Crippen LogP contribution in [-0.4, -0.2) is 0 Å². The van der Waals surface area contributed by atoms with Crippen molar-refractivity contribution in [2.75, 3.05) is 5.32 Å². The standard InChI is InChI=1S/C14H10BrCl2F2N/c1-7(9-3-2-4-12(18)13(9)19)20-14-10(16)5-8(15)6-11(14)17/h2-7,20H,1H3. The number of benzene rings is 2. The highest BCUT2D eigenvalue weighted by atomic mass is 79.9. The summed E-state index contributed by atoms with van der Waals surface area (Å²) >= 11 is 15.5. The number of hydrogen-bond acceptors (Lipinski definition) is 1. The van der Waals surface area contributed by atoms with Gasteiger partial charge in [-0.05, 0) is 25.1 Å². The second kappa shape index (κ2) is 6.29. The second-order valence-corrected chi connectivity index (χ2v) is 5.98. The molecule has 0 aliphatic rings. The molecule has 0 amide bonds. The molecule has 0 saturated heterocycles. The molecule has 0 aliphatic carbocycles. The van der Waals surface area contributed by atoms with E-state index >= 15 is 0 Å². The average Bonchev–Trinajstić information content (AvgIpc) is 2.36. The first-order valence-corrected chi connectivity index (χ1v) is 7.30. The van der Waals surface area contributed by atoms with E-state index in [1.165, 1.54) is 12.1 Å². The third kappa shape index (κ3) is 3.25. The van der Waals surface area contributed by atoms with Gasteiger partial charge in [-0.25, -0.2) is 8.78 Å². The molecule has 106 valence electrons. The van der Waals surface area contributed by atoms with Gasteiger partial charge in [0, 0.05) is 10.0 Å². The van der Waals surface area contributed by atoms with Crippen molar-refractivity contribution in [2.24, 2.45) is 0 Å². The lowest BCUT2D eigenvalue weighted by atomic mass is 10.1. The van der Waals surface area contributed by atoms with Crippen molar-refractivity contribution in [3.63, 3.8) is 0 Å². The summed E-state index contributed by atoms with van der Waals surface area (Å²) in [5.74, 6) is -1.76. The van der Waals surface area contributed by atoms with Crippen molar-refractivity contribution >= 4 is 44.8 Å². The highest BCUT2D eigenvalue weighted by molar-refractivity contribution is 9.10. The SMILES string of the molecule is CC(Nc1c(Cl)cc(Br)cc1Cl)c1cccc(F)c1F. The van der Waals surface area contributed by atoms with Crippen LogP contribution in [0.3, 0.4) is 0 Å². The number of hydrogen-bond donors (Lipinski definition) is 1. The average molecular weight is 381 g/mol. The van der Waals surface area contributed by atoms with Crippen molar-refractivity contribution in [3.05, 3.63) is 62.0 Å². The molecule has 2 aromatic rings. The molecular weight excluding hydrogens is 371 g/mol. The first-order valence-electron chi connectivity index (χ1n) is 5.75. The first kappa shape index (κ1) is 15.5. The Morgan fingerprint density at radius 3 is 2.35 bits per heavy atom. The molecule has 0 aromatic heterocycles. The zero-order valence-electron chi connectivity index (χ0n) is 10.4. The maximum atomic E-state index is 13.7. The van der Waals surface area contributed by atoms with Crippen LogP contribution in [0.1, 0.15) is 18.5 Å². The van der Waals surface area contributed by atoms with Gasteiger partial charge in [-0.3, -0.25) is 0 Å². The van der Waals surface area contributed by atoms with Crippen molar-refractivity contribution < 1.29 is 8.78 Å². The minimum absolute atomic E-state index is 0.208. The molecule has 0 fully saturated rings. The van der Waals surface area contributed by atoms with E-state index in [0.29, 0.717) is 15.7 Å². The van der Waals surface area contributed by atoms with Crippen LogP contribution in [0.4, 0.5) is 14.5 Å². The highest BCUT2D eigenvalue weighted by Crippen LogP contribution is 2.36. The van der Waals surface area contributed by atoms with Crippen molar-refractivity contribution in [1.82, 2.24) is 0 Å². The minimum atomic E-state index is -0.885. The van der Waals surface area contributed by atoms with Crippen LogP contribution in [0.5, 0.6) is 0 Å². The highest BCUT2D eigenvalue weighted by Gasteiger charge is 2.16. The van der Waals surface area contributed by atoms with Gasteiger partial charge in [0.05, 0.1) is 21.8 Å². The molecule has 0 spiro atoms. The van der Waals surface area contributed by atoms with Crippen LogP contribution in [0, 0.1) is 11.6 Å². The Labute approximate surface area is 134 Å². The van der Waals surface area contributed by atoms with Crippen molar-refractivity contribution in [2.45, 2.75) is 13.0 Å². The largest absolute Gasteiger partial charge is 0.376 e. The quantitative estimate of drug-likeness (QED) is 0.667. The summed E-state index contributed by atoms with van der Waals surface area (Å²) < 4.78 is 27.7. The molecule has 1 N–H and O–H groups in total. The van der Waals surface area contributed by atoms with E-state index in [1.807, 2.05) is 0 Å². The normalized spacial score (nSPS) is 12.3. The number of nitrogens with one attached hydrogen (secondary N) is 1. The molecule has 1 unspecified atom stereocenters. The van der Waals surface area contributed by atoms with Gasteiger partial charge in [0.2, 0.25) is 0 Å². The lowest BCUT2D eigenvalue weighted by Crippen LogP contribution is -2.10. The molecule has 0 aliphatic heterocycles. The van der Waals surface area contributed by atoms with Gasteiger partial charge in [-0.15, -0.1) is 0 Å². The first-order chi connectivity index (χ1) is 9.40. The van der Waals surface area contributed by atoms with Gasteiger partial charge in [0.15, 0.2) is 11.6 Å². The van der Waals surface area contributed by atoms with Crippen LogP contribution < -0.4 is 5.32 Å². The van der Waals surface area contributed by atoms with Crippen LogP contribution in [0.2, 0.25) is 10.0 Å². The Bertz CT molecular complexity index is 626. The monoisotopic (exact) mass is 379 g/mol. The summed E-state index contributed by atoms with van der Waals surface area (Å²) in [7, 11) is 0. The summed E-state index contributed by atoms with van der Waals surface area (Å²) in [6.45, 7) is 1.70. The number of anilines is 1. The predicted octanol–water partition coefficient (Wildman–Crippen LogP) is 6.21. The van der Waals surface area contributed by atoms with Gasteiger partial charge < -0.3 is 5.32 Å². The van der Waals surface area contributed by atoms with Gasteiger partial charge in [-0.1, -0.05) is 51.3 Å². The molecule has 2 rings (SSSR count). The summed E-state index contributed by atoms with van der Waals surface area (Å²) in [5.41, 5.74) is 0.688. The summed E-state index contributed by atoms with van der Waals surface area (Å²) in [5, 5.41) is 3.79. The lowest BCUT2D eigenvalue weighted by Gasteiger charge is -2.19. The van der Waals surface area contributed by atoms with E-state index in [1.54, 1.807) is 19.1 Å². The Morgan fingerprint density at radius 2 is 1.75 bits per heavy atom. The van der Waals surface area contributed by atoms with Gasteiger partial charge in [-0.2, -0.15) is 0 Å². The smallest absolute Gasteiger partial charge is 0.164 e. The fourth-order valence-electron chi connectivity index (χ4n) is 1.83. The molecule has 0 saturated carbocycles. The molecule has 1 atom stereocenters. The Hall–Kier alpha value is -0.840. The Morgan fingerprint density at radius 1 is 1.15 bits per heavy atom. The van der Waals surface area contributed by atoms with Crippen molar-refractivity contribution in [1.29, 1.82) is 0 Å². The van der Waals surface area contributed by atoms with Crippen molar-refractivity contribution in [3.8, 4) is 0 Å². The van der Waals surface area contributed by atoms with E-state index < -0.39 is 17.7 Å². The lowest BCUT2D eigenvalue weighted by molar-refractivity contribution is 0.494. The molecule has 1 nitrogen and oxygen atoms in total. The zero-order valence-corrected chi connectivity index (χ0v) is 13.5. The molecular formula is C14H10BrCl2F2N. The van der Waals surface area contributed by atoms with E-state index in [0.717, 1.165) is 10.5 Å². The third-order valence-electron chi connectivity index (χ3n) is 2.82. The molecule has 20 heavy (non-hydrogen) atoms. The van der Waals surface area contributed by atoms with Crippen LogP contribution in [0.15, 0.2) is 34.8 Å². The molecule has 6 heteroatoms. The van der Waals surface area contributed by atoms with Crippen LogP contribution in [0.25, 0.3) is 0 Å². The maximum Gasteiger partial charge on any atom is 0.164 e. The van der Waals surface area contributed by atoms with E-state index in [4.69, 9.17) is 23.2 Å². The fourth-order valence-corrected chi connectivity index (χ4v) is 3.15. The molecule has 2 aromatic carbocycles. The number of rotatable bonds is 3. The van der Waals surface area contributed by atoms with E-state index in [2.05, 4.69) is 21.2 Å². The second-order valence-electron chi connectivity index (χ2n) is 4.25. The van der Waals surface area contributed by atoms with Gasteiger partial charge in [0.25, 0.3) is 0 Å².